The predicted molar refractivity (Wildman–Crippen MR) is 138 cm³/mol. The minimum Gasteiger partial charge on any atom is -0.508 e. The SMILES string of the molecule is Nc1ccccc1NC(=O)/C=C/CCC[C@@H](OC(=O)Nc1ccccc1)c1cc(Br)ccc1O. The average Bonchev–Trinajstić information content (AvgIpc) is 2.82. The van der Waals surface area contributed by atoms with Gasteiger partial charge in [-0.2, -0.15) is 0 Å². The zero-order valence-electron chi connectivity index (χ0n) is 18.4. The molecular weight excluding hydrogens is 498 g/mol. The van der Waals surface area contributed by atoms with Gasteiger partial charge in [-0.1, -0.05) is 52.3 Å². The number of rotatable bonds is 9. The molecule has 0 aromatic heterocycles. The second-order valence-corrected chi connectivity index (χ2v) is 8.41. The molecule has 0 unspecified atom stereocenters. The molecule has 34 heavy (non-hydrogen) atoms. The number of aromatic hydroxyl groups is 1. The highest BCUT2D eigenvalue weighted by atomic mass is 79.9. The first kappa shape index (κ1) is 24.9. The van der Waals surface area contributed by atoms with E-state index in [-0.39, 0.29) is 11.7 Å². The zero-order valence-corrected chi connectivity index (χ0v) is 20.0. The Hall–Kier alpha value is -3.78. The fourth-order valence-corrected chi connectivity index (χ4v) is 3.63. The summed E-state index contributed by atoms with van der Waals surface area (Å²) >= 11 is 3.39. The molecule has 176 valence electrons. The molecule has 0 bridgehead atoms. The van der Waals surface area contributed by atoms with E-state index < -0.39 is 12.2 Å². The minimum atomic E-state index is -0.674. The predicted octanol–water partition coefficient (Wildman–Crippen LogP) is 6.39. The zero-order chi connectivity index (χ0) is 24.3. The van der Waals surface area contributed by atoms with Crippen LogP contribution in [0.5, 0.6) is 5.75 Å². The Balaban J connectivity index is 1.58. The molecule has 3 aromatic carbocycles. The Morgan fingerprint density at radius 1 is 1.03 bits per heavy atom. The van der Waals surface area contributed by atoms with Crippen molar-refractivity contribution in [1.29, 1.82) is 0 Å². The quantitative estimate of drug-likeness (QED) is 0.147. The summed E-state index contributed by atoms with van der Waals surface area (Å²) in [6, 6.07) is 21.0. The molecule has 7 nitrogen and oxygen atoms in total. The summed E-state index contributed by atoms with van der Waals surface area (Å²) in [6.07, 6.45) is 3.54. The molecule has 3 aromatic rings. The number of nitrogen functional groups attached to an aromatic ring is 1. The van der Waals surface area contributed by atoms with Crippen LogP contribution in [0.4, 0.5) is 21.9 Å². The minimum absolute atomic E-state index is 0.0380. The highest BCUT2D eigenvalue weighted by Gasteiger charge is 2.20. The van der Waals surface area contributed by atoms with Crippen molar-refractivity contribution in [1.82, 2.24) is 0 Å². The van der Waals surface area contributed by atoms with E-state index in [0.717, 1.165) is 4.47 Å². The molecule has 5 N–H and O–H groups in total. The first-order chi connectivity index (χ1) is 16.4. The number of anilines is 3. The van der Waals surface area contributed by atoms with Gasteiger partial charge in [-0.25, -0.2) is 4.79 Å². The molecular formula is C26H26BrN3O4. The van der Waals surface area contributed by atoms with Gasteiger partial charge in [0.15, 0.2) is 0 Å². The number of halogens is 1. The van der Waals surface area contributed by atoms with E-state index in [1.54, 1.807) is 60.7 Å². The number of carbonyl (C=O) groups is 2. The Bertz CT molecular complexity index is 1150. The molecule has 0 spiro atoms. The molecule has 0 aliphatic heterocycles. The number of amides is 2. The van der Waals surface area contributed by atoms with E-state index in [4.69, 9.17) is 10.5 Å². The summed E-state index contributed by atoms with van der Waals surface area (Å²) in [5.74, 6) is -0.242. The van der Waals surface area contributed by atoms with Crippen molar-refractivity contribution in [3.8, 4) is 5.75 Å². The number of phenolic OH excluding ortho intramolecular Hbond substituents is 1. The molecule has 0 heterocycles. The van der Waals surface area contributed by atoms with Crippen molar-refractivity contribution < 1.29 is 19.4 Å². The summed E-state index contributed by atoms with van der Waals surface area (Å²) in [4.78, 5) is 24.6. The smallest absolute Gasteiger partial charge is 0.412 e. The lowest BCUT2D eigenvalue weighted by Crippen LogP contribution is -2.17. The monoisotopic (exact) mass is 523 g/mol. The molecule has 3 rings (SSSR count). The normalized spacial score (nSPS) is 11.7. The third-order valence-electron chi connectivity index (χ3n) is 4.93. The topological polar surface area (TPSA) is 114 Å². The Morgan fingerprint density at radius 2 is 1.76 bits per heavy atom. The second kappa shape index (κ2) is 12.5. The molecule has 0 radical (unpaired) electrons. The van der Waals surface area contributed by atoms with Crippen molar-refractivity contribution in [3.63, 3.8) is 0 Å². The molecule has 8 heteroatoms. The highest BCUT2D eigenvalue weighted by molar-refractivity contribution is 9.10. The van der Waals surface area contributed by atoms with Crippen LogP contribution in [0, 0.1) is 0 Å². The molecule has 0 saturated heterocycles. The lowest BCUT2D eigenvalue weighted by Gasteiger charge is -2.20. The van der Waals surface area contributed by atoms with Crippen molar-refractivity contribution in [2.24, 2.45) is 0 Å². The van der Waals surface area contributed by atoms with Gasteiger partial charge in [0, 0.05) is 15.7 Å². The Morgan fingerprint density at radius 3 is 2.53 bits per heavy atom. The summed E-state index contributed by atoms with van der Waals surface area (Å²) in [6.45, 7) is 0. The van der Waals surface area contributed by atoms with E-state index in [9.17, 15) is 14.7 Å². The summed E-state index contributed by atoms with van der Waals surface area (Å²) in [5.41, 5.74) is 7.99. The van der Waals surface area contributed by atoms with E-state index in [1.807, 2.05) is 18.2 Å². The van der Waals surface area contributed by atoms with Crippen molar-refractivity contribution in [3.05, 3.63) is 95.0 Å². The summed E-state index contributed by atoms with van der Waals surface area (Å²) in [5, 5.41) is 15.8. The average molecular weight is 524 g/mol. The maximum atomic E-state index is 12.5. The Labute approximate surface area is 206 Å². The number of hydrogen-bond acceptors (Lipinski definition) is 5. The van der Waals surface area contributed by atoms with E-state index in [1.165, 1.54) is 6.08 Å². The lowest BCUT2D eigenvalue weighted by molar-refractivity contribution is -0.111. The molecule has 0 aliphatic carbocycles. The molecule has 0 fully saturated rings. The van der Waals surface area contributed by atoms with Gasteiger partial charge < -0.3 is 20.9 Å². The molecule has 2 amide bonds. The van der Waals surface area contributed by atoms with Crippen LogP contribution >= 0.6 is 15.9 Å². The number of carbonyl (C=O) groups excluding carboxylic acids is 2. The number of nitrogens with one attached hydrogen (secondary N) is 2. The fraction of sp³-hybridized carbons (Fsp3) is 0.154. The number of hydrogen-bond donors (Lipinski definition) is 4. The van der Waals surface area contributed by atoms with Gasteiger partial charge in [0.1, 0.15) is 11.9 Å². The first-order valence-electron chi connectivity index (χ1n) is 10.8. The number of para-hydroxylation sites is 3. The van der Waals surface area contributed by atoms with Crippen LogP contribution in [0.3, 0.4) is 0 Å². The molecule has 0 aliphatic rings. The largest absolute Gasteiger partial charge is 0.508 e. The van der Waals surface area contributed by atoms with Gasteiger partial charge in [-0.3, -0.25) is 10.1 Å². The molecule has 1 atom stereocenters. The van der Waals surface area contributed by atoms with Crippen LogP contribution in [-0.2, 0) is 9.53 Å². The van der Waals surface area contributed by atoms with Gasteiger partial charge in [0.25, 0.3) is 0 Å². The number of phenols is 1. The number of benzene rings is 3. The van der Waals surface area contributed by atoms with E-state index in [0.29, 0.717) is 41.9 Å². The number of ether oxygens (including phenoxy) is 1. The third-order valence-corrected chi connectivity index (χ3v) is 5.42. The van der Waals surface area contributed by atoms with Crippen molar-refractivity contribution in [2.75, 3.05) is 16.4 Å². The maximum Gasteiger partial charge on any atom is 0.412 e. The van der Waals surface area contributed by atoms with Crippen LogP contribution in [-0.4, -0.2) is 17.1 Å². The van der Waals surface area contributed by atoms with Crippen LogP contribution in [0.1, 0.15) is 30.9 Å². The van der Waals surface area contributed by atoms with Crippen LogP contribution in [0.15, 0.2) is 89.4 Å². The second-order valence-electron chi connectivity index (χ2n) is 7.50. The Kier molecular flexibility index (Phi) is 9.11. The van der Waals surface area contributed by atoms with Crippen LogP contribution in [0.2, 0.25) is 0 Å². The van der Waals surface area contributed by atoms with Crippen LogP contribution < -0.4 is 16.4 Å². The number of allylic oxidation sites excluding steroid dienone is 1. The first-order valence-corrected chi connectivity index (χ1v) is 11.5. The fourth-order valence-electron chi connectivity index (χ4n) is 3.26. The van der Waals surface area contributed by atoms with Gasteiger partial charge >= 0.3 is 6.09 Å². The third kappa shape index (κ3) is 7.67. The number of unbranched alkanes of at least 4 members (excludes halogenated alkanes) is 1. The summed E-state index contributed by atoms with van der Waals surface area (Å²) < 4.78 is 6.41. The van der Waals surface area contributed by atoms with Gasteiger partial charge in [-0.05, 0) is 67.8 Å². The van der Waals surface area contributed by atoms with E-state index >= 15 is 0 Å². The van der Waals surface area contributed by atoms with Gasteiger partial charge in [0.05, 0.1) is 11.4 Å². The van der Waals surface area contributed by atoms with Gasteiger partial charge in [0.2, 0.25) is 5.91 Å². The lowest BCUT2D eigenvalue weighted by atomic mass is 10.0. The standard InChI is InChI=1S/C26H26BrN3O4/c27-18-15-16-23(31)20(17-18)24(34-26(33)29-19-9-3-1-4-10-19)13-5-2-6-14-25(32)30-22-12-8-7-11-21(22)28/h1,3-4,6-12,14-17,24,31H,2,5,13,28H2,(H,29,33)(H,30,32)/b14-6+/t24-/m1/s1. The van der Waals surface area contributed by atoms with Crippen molar-refractivity contribution in [2.45, 2.75) is 25.4 Å². The van der Waals surface area contributed by atoms with Crippen LogP contribution in [0.25, 0.3) is 0 Å². The van der Waals surface area contributed by atoms with Crippen molar-refractivity contribution >= 4 is 45.0 Å². The highest BCUT2D eigenvalue weighted by Crippen LogP contribution is 2.33. The molecule has 0 saturated carbocycles. The van der Waals surface area contributed by atoms with Gasteiger partial charge in [-0.15, -0.1) is 0 Å². The maximum absolute atomic E-state index is 12.5. The summed E-state index contributed by atoms with van der Waals surface area (Å²) in [7, 11) is 0. The number of nitrogens with two attached hydrogens (primary N) is 1. The van der Waals surface area contributed by atoms with E-state index in [2.05, 4.69) is 26.6 Å².